The van der Waals surface area contributed by atoms with E-state index >= 15 is 0 Å². The van der Waals surface area contributed by atoms with Crippen LogP contribution in [-0.2, 0) is 12.4 Å². The SMILES string of the molecule is CN(Cc1cccs1)c1ccc(CCl)cc1F. The zero-order valence-electron chi connectivity index (χ0n) is 9.49. The van der Waals surface area contributed by atoms with Crippen LogP contribution in [0.3, 0.4) is 0 Å². The Morgan fingerprint density at radius 3 is 2.76 bits per heavy atom. The van der Waals surface area contributed by atoms with Gasteiger partial charge in [0, 0.05) is 17.8 Å². The summed E-state index contributed by atoms with van der Waals surface area (Å²) in [7, 11) is 1.89. The minimum absolute atomic E-state index is 0.220. The lowest BCUT2D eigenvalue weighted by Crippen LogP contribution is -2.17. The van der Waals surface area contributed by atoms with Crippen molar-refractivity contribution < 1.29 is 4.39 Å². The summed E-state index contributed by atoms with van der Waals surface area (Å²) in [6, 6.07) is 9.18. The van der Waals surface area contributed by atoms with E-state index in [-0.39, 0.29) is 5.82 Å². The van der Waals surface area contributed by atoms with Crippen LogP contribution >= 0.6 is 22.9 Å². The molecule has 17 heavy (non-hydrogen) atoms. The minimum Gasteiger partial charge on any atom is -0.367 e. The van der Waals surface area contributed by atoms with Gasteiger partial charge < -0.3 is 4.90 Å². The second-order valence-corrected chi connectivity index (χ2v) is 5.15. The molecule has 2 aromatic rings. The summed E-state index contributed by atoms with van der Waals surface area (Å²) in [6.45, 7) is 0.717. The average Bonchev–Trinajstić information content (AvgIpc) is 2.81. The van der Waals surface area contributed by atoms with E-state index in [0.29, 0.717) is 11.6 Å². The third-order valence-corrected chi connectivity index (χ3v) is 3.72. The molecule has 1 aromatic carbocycles. The van der Waals surface area contributed by atoms with Crippen molar-refractivity contribution in [2.45, 2.75) is 12.4 Å². The highest BCUT2D eigenvalue weighted by Gasteiger charge is 2.09. The minimum atomic E-state index is -0.220. The van der Waals surface area contributed by atoms with Crippen molar-refractivity contribution in [3.63, 3.8) is 0 Å². The van der Waals surface area contributed by atoms with Crippen LogP contribution in [0.1, 0.15) is 10.4 Å². The van der Waals surface area contributed by atoms with E-state index < -0.39 is 0 Å². The predicted molar refractivity (Wildman–Crippen MR) is 72.4 cm³/mol. The van der Waals surface area contributed by atoms with Gasteiger partial charge in [0.15, 0.2) is 0 Å². The number of halogens is 2. The standard InChI is InChI=1S/C13H13ClFNS/c1-16(9-11-3-2-6-17-11)13-5-4-10(8-14)7-12(13)15/h2-7H,8-9H2,1H3. The van der Waals surface area contributed by atoms with Crippen LogP contribution in [-0.4, -0.2) is 7.05 Å². The van der Waals surface area contributed by atoms with Gasteiger partial charge in [-0.1, -0.05) is 12.1 Å². The van der Waals surface area contributed by atoms with E-state index in [4.69, 9.17) is 11.6 Å². The number of alkyl halides is 1. The number of thiophene rings is 1. The fourth-order valence-electron chi connectivity index (χ4n) is 1.66. The number of nitrogens with zero attached hydrogens (tertiary/aromatic N) is 1. The summed E-state index contributed by atoms with van der Waals surface area (Å²) in [5.41, 5.74) is 1.41. The Labute approximate surface area is 109 Å². The largest absolute Gasteiger partial charge is 0.367 e. The van der Waals surface area contributed by atoms with E-state index in [1.165, 1.54) is 10.9 Å². The number of rotatable bonds is 4. The molecule has 1 nitrogen and oxygen atoms in total. The van der Waals surface area contributed by atoms with E-state index in [1.807, 2.05) is 35.5 Å². The molecule has 1 aromatic heterocycles. The summed E-state index contributed by atoms with van der Waals surface area (Å²) in [4.78, 5) is 3.12. The molecule has 0 aliphatic rings. The van der Waals surface area contributed by atoms with E-state index in [9.17, 15) is 4.39 Å². The lowest BCUT2D eigenvalue weighted by molar-refractivity contribution is 0.621. The number of benzene rings is 1. The van der Waals surface area contributed by atoms with Gasteiger partial charge in [-0.3, -0.25) is 0 Å². The number of hydrogen-bond acceptors (Lipinski definition) is 2. The first-order valence-corrected chi connectivity index (χ1v) is 6.70. The molecule has 0 fully saturated rings. The Morgan fingerprint density at radius 1 is 1.35 bits per heavy atom. The predicted octanol–water partition coefficient (Wildman–Crippen LogP) is 4.26. The van der Waals surface area contributed by atoms with Crippen LogP contribution in [0.25, 0.3) is 0 Å². The second-order valence-electron chi connectivity index (χ2n) is 3.85. The molecule has 0 N–H and O–H groups in total. The van der Waals surface area contributed by atoms with Gasteiger partial charge in [-0.2, -0.15) is 0 Å². The van der Waals surface area contributed by atoms with Crippen molar-refractivity contribution >= 4 is 28.6 Å². The number of anilines is 1. The Balaban J connectivity index is 2.16. The highest BCUT2D eigenvalue weighted by Crippen LogP contribution is 2.23. The van der Waals surface area contributed by atoms with E-state index in [0.717, 1.165) is 12.1 Å². The Morgan fingerprint density at radius 2 is 2.18 bits per heavy atom. The van der Waals surface area contributed by atoms with E-state index in [2.05, 4.69) is 0 Å². The van der Waals surface area contributed by atoms with E-state index in [1.54, 1.807) is 17.4 Å². The van der Waals surface area contributed by atoms with Crippen molar-refractivity contribution in [3.8, 4) is 0 Å². The highest BCUT2D eigenvalue weighted by molar-refractivity contribution is 7.09. The molecule has 90 valence electrons. The Kier molecular flexibility index (Phi) is 4.02. The molecule has 0 saturated heterocycles. The Bertz CT molecular complexity index is 484. The topological polar surface area (TPSA) is 3.24 Å². The summed E-state index contributed by atoms with van der Waals surface area (Å²) in [5.74, 6) is 0.119. The molecule has 0 saturated carbocycles. The zero-order chi connectivity index (χ0) is 12.3. The second kappa shape index (κ2) is 5.52. The van der Waals surface area contributed by atoms with Crippen LogP contribution in [0.2, 0.25) is 0 Å². The van der Waals surface area contributed by atoms with Gasteiger partial charge >= 0.3 is 0 Å². The summed E-state index contributed by atoms with van der Waals surface area (Å²) < 4.78 is 13.8. The molecule has 0 atom stereocenters. The van der Waals surface area contributed by atoms with Gasteiger partial charge in [-0.25, -0.2) is 4.39 Å². The first kappa shape index (κ1) is 12.4. The molecule has 0 bridgehead atoms. The maximum Gasteiger partial charge on any atom is 0.146 e. The maximum absolute atomic E-state index is 13.8. The molecular formula is C13H13ClFNS. The lowest BCUT2D eigenvalue weighted by Gasteiger charge is -2.19. The van der Waals surface area contributed by atoms with Gasteiger partial charge in [0.25, 0.3) is 0 Å². The van der Waals surface area contributed by atoms with Crippen molar-refractivity contribution in [3.05, 3.63) is 52.0 Å². The molecule has 4 heteroatoms. The molecule has 1 heterocycles. The zero-order valence-corrected chi connectivity index (χ0v) is 11.1. The number of hydrogen-bond donors (Lipinski definition) is 0. The lowest BCUT2D eigenvalue weighted by atomic mass is 10.2. The third kappa shape index (κ3) is 2.99. The molecule has 0 spiro atoms. The van der Waals surface area contributed by atoms with Crippen molar-refractivity contribution in [2.24, 2.45) is 0 Å². The molecule has 0 aliphatic carbocycles. The fourth-order valence-corrected chi connectivity index (χ4v) is 2.59. The summed E-state index contributed by atoms with van der Waals surface area (Å²) >= 11 is 7.34. The fraction of sp³-hybridized carbons (Fsp3) is 0.231. The van der Waals surface area contributed by atoms with Gasteiger partial charge in [0.2, 0.25) is 0 Å². The van der Waals surface area contributed by atoms with Crippen LogP contribution in [0.5, 0.6) is 0 Å². The van der Waals surface area contributed by atoms with Crippen molar-refractivity contribution in [2.75, 3.05) is 11.9 Å². The van der Waals surface area contributed by atoms with Crippen LogP contribution in [0, 0.1) is 5.82 Å². The smallest absolute Gasteiger partial charge is 0.146 e. The van der Waals surface area contributed by atoms with Crippen LogP contribution < -0.4 is 4.90 Å². The van der Waals surface area contributed by atoms with Gasteiger partial charge in [0.1, 0.15) is 5.82 Å². The first-order valence-electron chi connectivity index (χ1n) is 5.28. The monoisotopic (exact) mass is 269 g/mol. The van der Waals surface area contributed by atoms with Crippen molar-refractivity contribution in [1.29, 1.82) is 0 Å². The molecule has 0 unspecified atom stereocenters. The van der Waals surface area contributed by atoms with Crippen molar-refractivity contribution in [1.82, 2.24) is 0 Å². The van der Waals surface area contributed by atoms with Gasteiger partial charge in [0.05, 0.1) is 12.2 Å². The Hall–Kier alpha value is -1.06. The van der Waals surface area contributed by atoms with Gasteiger partial charge in [-0.15, -0.1) is 22.9 Å². The van der Waals surface area contributed by atoms with Gasteiger partial charge in [-0.05, 0) is 29.1 Å². The third-order valence-electron chi connectivity index (χ3n) is 2.55. The molecule has 0 amide bonds. The normalized spacial score (nSPS) is 10.5. The first-order chi connectivity index (χ1) is 8.20. The molecular weight excluding hydrogens is 257 g/mol. The quantitative estimate of drug-likeness (QED) is 0.750. The maximum atomic E-state index is 13.8. The summed E-state index contributed by atoms with van der Waals surface area (Å²) in [5, 5.41) is 2.02. The highest BCUT2D eigenvalue weighted by atomic mass is 35.5. The molecule has 0 radical (unpaired) electrons. The van der Waals surface area contributed by atoms with Crippen LogP contribution in [0.4, 0.5) is 10.1 Å². The molecule has 0 aliphatic heterocycles. The molecule has 2 rings (SSSR count). The average molecular weight is 270 g/mol. The summed E-state index contributed by atoms with van der Waals surface area (Å²) in [6.07, 6.45) is 0. The van der Waals surface area contributed by atoms with Crippen LogP contribution in [0.15, 0.2) is 35.7 Å².